The number of hydrogen-bond donors (Lipinski definition) is 1. The number of hydrogen-bond acceptors (Lipinski definition) is 3. The largest absolute Gasteiger partial charge is 0.376 e. The fourth-order valence-electron chi connectivity index (χ4n) is 2.62. The second-order valence-electron chi connectivity index (χ2n) is 4.39. The van der Waals surface area contributed by atoms with Crippen LogP contribution in [0, 0.1) is 0 Å². The number of aromatic nitrogens is 2. The molecule has 5 heteroatoms. The number of nitrogens with one attached hydrogen (secondary N) is 1. The molecule has 0 spiro atoms. The van der Waals surface area contributed by atoms with Gasteiger partial charge >= 0.3 is 0 Å². The number of halogens is 1. The molecule has 104 valence electrons. The monoisotopic (exact) mass is 273 g/mol. The van der Waals surface area contributed by atoms with Crippen LogP contribution >= 0.6 is 11.6 Å². The summed E-state index contributed by atoms with van der Waals surface area (Å²) in [6.45, 7) is 7.13. The maximum Gasteiger partial charge on any atom is 0.0883 e. The summed E-state index contributed by atoms with van der Waals surface area (Å²) in [7, 11) is 3.70. The fourth-order valence-corrected chi connectivity index (χ4v) is 2.87. The van der Waals surface area contributed by atoms with E-state index in [1.54, 1.807) is 13.3 Å². The molecule has 1 aromatic heterocycles. The van der Waals surface area contributed by atoms with Crippen LogP contribution in [-0.2, 0) is 11.3 Å². The van der Waals surface area contributed by atoms with E-state index in [9.17, 15) is 0 Å². The summed E-state index contributed by atoms with van der Waals surface area (Å²) in [6, 6.07) is 0.0347. The van der Waals surface area contributed by atoms with Crippen molar-refractivity contribution in [2.45, 2.75) is 51.8 Å². The highest BCUT2D eigenvalue weighted by molar-refractivity contribution is 6.31. The maximum absolute atomic E-state index is 6.30. The zero-order valence-electron chi connectivity index (χ0n) is 12.0. The van der Waals surface area contributed by atoms with Crippen molar-refractivity contribution in [3.05, 3.63) is 16.9 Å². The molecule has 0 radical (unpaired) electrons. The molecule has 1 heterocycles. The first kappa shape index (κ1) is 15.5. The first-order valence-corrected chi connectivity index (χ1v) is 6.91. The number of aryl methyl sites for hydroxylation is 1. The van der Waals surface area contributed by atoms with Gasteiger partial charge in [0.1, 0.15) is 0 Å². The van der Waals surface area contributed by atoms with Gasteiger partial charge in [-0.3, -0.25) is 4.68 Å². The van der Waals surface area contributed by atoms with Crippen LogP contribution in [0.25, 0.3) is 0 Å². The van der Waals surface area contributed by atoms with Crippen LogP contribution in [-0.4, -0.2) is 29.5 Å². The number of methoxy groups -OCH3 is 1. The number of ether oxygens (including phenoxy) is 1. The van der Waals surface area contributed by atoms with Crippen LogP contribution in [0.3, 0.4) is 0 Å². The normalized spacial score (nSPS) is 13.9. The Bertz CT molecular complexity index is 366. The van der Waals surface area contributed by atoms with Gasteiger partial charge in [0.05, 0.1) is 28.6 Å². The summed E-state index contributed by atoms with van der Waals surface area (Å²) < 4.78 is 7.74. The van der Waals surface area contributed by atoms with E-state index in [0.29, 0.717) is 5.02 Å². The van der Waals surface area contributed by atoms with E-state index in [1.807, 2.05) is 11.7 Å². The molecule has 0 bridgehead atoms. The van der Waals surface area contributed by atoms with Crippen LogP contribution in [0.2, 0.25) is 5.02 Å². The molecular weight excluding hydrogens is 250 g/mol. The Morgan fingerprint density at radius 2 is 2.06 bits per heavy atom. The first-order valence-electron chi connectivity index (χ1n) is 6.53. The van der Waals surface area contributed by atoms with E-state index in [1.165, 1.54) is 0 Å². The molecule has 18 heavy (non-hydrogen) atoms. The third-order valence-electron chi connectivity index (χ3n) is 3.82. The standard InChI is InChI=1S/C13H24ClN3O/c1-6-13(7-2,18-5)12(15-4)11-10(14)9-16-17(11)8-3/h9,12,15H,6-8H2,1-5H3. The van der Waals surface area contributed by atoms with Gasteiger partial charge in [-0.2, -0.15) is 5.10 Å². The third-order valence-corrected chi connectivity index (χ3v) is 4.12. The van der Waals surface area contributed by atoms with Gasteiger partial charge in [0, 0.05) is 13.7 Å². The summed E-state index contributed by atoms with van der Waals surface area (Å²) in [4.78, 5) is 0. The number of rotatable bonds is 7. The average Bonchev–Trinajstić information content (AvgIpc) is 2.77. The van der Waals surface area contributed by atoms with E-state index in [-0.39, 0.29) is 11.6 Å². The topological polar surface area (TPSA) is 39.1 Å². The molecule has 0 aliphatic carbocycles. The van der Waals surface area contributed by atoms with Crippen molar-refractivity contribution in [2.24, 2.45) is 0 Å². The molecule has 1 unspecified atom stereocenters. The summed E-state index contributed by atoms with van der Waals surface area (Å²) >= 11 is 6.30. The van der Waals surface area contributed by atoms with Crippen molar-refractivity contribution >= 4 is 11.6 Å². The predicted molar refractivity (Wildman–Crippen MR) is 75.0 cm³/mol. The van der Waals surface area contributed by atoms with Gasteiger partial charge in [-0.15, -0.1) is 0 Å². The third kappa shape index (κ3) is 2.56. The van der Waals surface area contributed by atoms with Gasteiger partial charge in [0.25, 0.3) is 0 Å². The molecule has 1 atom stereocenters. The average molecular weight is 274 g/mol. The maximum atomic E-state index is 6.30. The highest BCUT2D eigenvalue weighted by Gasteiger charge is 2.39. The van der Waals surface area contributed by atoms with E-state index < -0.39 is 0 Å². The molecule has 0 aliphatic heterocycles. The Hall–Kier alpha value is -0.580. The fraction of sp³-hybridized carbons (Fsp3) is 0.769. The Kier molecular flexibility index (Phi) is 5.63. The summed E-state index contributed by atoms with van der Waals surface area (Å²) in [6.07, 6.45) is 3.53. The first-order chi connectivity index (χ1) is 8.60. The lowest BCUT2D eigenvalue weighted by atomic mass is 9.86. The zero-order chi connectivity index (χ0) is 13.8. The van der Waals surface area contributed by atoms with Gasteiger partial charge in [-0.1, -0.05) is 25.4 Å². The lowest BCUT2D eigenvalue weighted by Crippen LogP contribution is -2.44. The quantitative estimate of drug-likeness (QED) is 0.830. The van der Waals surface area contributed by atoms with E-state index >= 15 is 0 Å². The van der Waals surface area contributed by atoms with Gasteiger partial charge in [-0.25, -0.2) is 0 Å². The van der Waals surface area contributed by atoms with Gasteiger partial charge in [0.15, 0.2) is 0 Å². The molecule has 0 saturated heterocycles. The minimum atomic E-state index is -0.259. The van der Waals surface area contributed by atoms with Crippen LogP contribution < -0.4 is 5.32 Å². The minimum Gasteiger partial charge on any atom is -0.376 e. The lowest BCUT2D eigenvalue weighted by molar-refractivity contribution is -0.0488. The SMILES string of the molecule is CCn1ncc(Cl)c1C(NC)C(CC)(CC)OC. The van der Waals surface area contributed by atoms with Gasteiger partial charge in [0.2, 0.25) is 0 Å². The Morgan fingerprint density at radius 3 is 2.44 bits per heavy atom. The molecule has 1 aromatic rings. The molecule has 1 N–H and O–H groups in total. The summed E-state index contributed by atoms with van der Waals surface area (Å²) in [5.74, 6) is 0. The second-order valence-corrected chi connectivity index (χ2v) is 4.80. The summed E-state index contributed by atoms with van der Waals surface area (Å²) in [5.41, 5.74) is 0.748. The van der Waals surface area contributed by atoms with Crippen molar-refractivity contribution in [3.8, 4) is 0 Å². The highest BCUT2D eigenvalue weighted by atomic mass is 35.5. The van der Waals surface area contributed by atoms with Crippen molar-refractivity contribution in [1.29, 1.82) is 0 Å². The molecule has 0 fully saturated rings. The molecule has 1 rings (SSSR count). The van der Waals surface area contributed by atoms with Crippen molar-refractivity contribution in [3.63, 3.8) is 0 Å². The molecular formula is C13H24ClN3O. The van der Waals surface area contributed by atoms with Crippen molar-refractivity contribution in [1.82, 2.24) is 15.1 Å². The van der Waals surface area contributed by atoms with Crippen molar-refractivity contribution < 1.29 is 4.74 Å². The molecule has 0 amide bonds. The van der Waals surface area contributed by atoms with E-state index in [2.05, 4.69) is 31.2 Å². The minimum absolute atomic E-state index is 0.0347. The smallest absolute Gasteiger partial charge is 0.0883 e. The van der Waals surface area contributed by atoms with Crippen LogP contribution in [0.1, 0.15) is 45.3 Å². The van der Waals surface area contributed by atoms with E-state index in [0.717, 1.165) is 25.1 Å². The van der Waals surface area contributed by atoms with Gasteiger partial charge in [-0.05, 0) is 26.8 Å². The lowest BCUT2D eigenvalue weighted by Gasteiger charge is -2.38. The Morgan fingerprint density at radius 1 is 1.44 bits per heavy atom. The Balaban J connectivity index is 3.27. The van der Waals surface area contributed by atoms with E-state index in [4.69, 9.17) is 16.3 Å². The van der Waals surface area contributed by atoms with Crippen LogP contribution in [0.5, 0.6) is 0 Å². The molecule has 0 saturated carbocycles. The molecule has 4 nitrogen and oxygen atoms in total. The molecule has 0 aliphatic rings. The molecule has 0 aromatic carbocycles. The number of nitrogens with zero attached hydrogens (tertiary/aromatic N) is 2. The van der Waals surface area contributed by atoms with Crippen LogP contribution in [0.4, 0.5) is 0 Å². The van der Waals surface area contributed by atoms with Crippen LogP contribution in [0.15, 0.2) is 6.20 Å². The summed E-state index contributed by atoms with van der Waals surface area (Å²) in [5, 5.41) is 8.35. The predicted octanol–water partition coefficient (Wildman–Crippen LogP) is 3.02. The zero-order valence-corrected chi connectivity index (χ0v) is 12.7. The van der Waals surface area contributed by atoms with Crippen molar-refractivity contribution in [2.75, 3.05) is 14.2 Å². The number of likely N-dealkylation sites (N-methyl/N-ethyl adjacent to an activating group) is 1. The second kappa shape index (κ2) is 6.55. The Labute approximate surface area is 115 Å². The van der Waals surface area contributed by atoms with Gasteiger partial charge < -0.3 is 10.1 Å². The highest BCUT2D eigenvalue weighted by Crippen LogP contribution is 2.37.